The lowest BCUT2D eigenvalue weighted by Gasteiger charge is -2.39. The third kappa shape index (κ3) is 4.12. The maximum absolute atomic E-state index is 12.0. The summed E-state index contributed by atoms with van der Waals surface area (Å²) < 4.78 is 11.3. The van der Waals surface area contributed by atoms with Gasteiger partial charge >= 0.3 is 0 Å². The van der Waals surface area contributed by atoms with E-state index < -0.39 is 0 Å². The van der Waals surface area contributed by atoms with E-state index in [1.165, 1.54) is 0 Å². The molecule has 0 saturated carbocycles. The fourth-order valence-electron chi connectivity index (χ4n) is 3.33. The molecule has 0 aromatic carbocycles. The van der Waals surface area contributed by atoms with Crippen molar-refractivity contribution in [2.24, 2.45) is 5.92 Å². The van der Waals surface area contributed by atoms with Gasteiger partial charge < -0.3 is 19.4 Å². The van der Waals surface area contributed by atoms with Crippen LogP contribution < -0.4 is 5.32 Å². The molecular formula is C16H23BrN2O3. The second-order valence-electron chi connectivity index (χ2n) is 6.14. The molecule has 0 radical (unpaired) electrons. The Hall–Kier alpha value is -0.850. The number of furan rings is 1. The van der Waals surface area contributed by atoms with Gasteiger partial charge in [-0.3, -0.25) is 4.79 Å². The van der Waals surface area contributed by atoms with Gasteiger partial charge in [0.25, 0.3) is 5.91 Å². The Morgan fingerprint density at radius 3 is 2.59 bits per heavy atom. The van der Waals surface area contributed by atoms with Crippen molar-refractivity contribution in [1.29, 1.82) is 0 Å². The smallest absolute Gasteiger partial charge is 0.287 e. The van der Waals surface area contributed by atoms with Gasteiger partial charge in [0, 0.05) is 25.8 Å². The molecule has 1 N–H and O–H groups in total. The van der Waals surface area contributed by atoms with Gasteiger partial charge in [-0.05, 0) is 72.8 Å². The van der Waals surface area contributed by atoms with E-state index >= 15 is 0 Å². The number of likely N-dealkylation sites (tertiary alicyclic amines) is 1. The highest BCUT2D eigenvalue weighted by Gasteiger charge is 2.26. The molecule has 22 heavy (non-hydrogen) atoms. The van der Waals surface area contributed by atoms with Crippen molar-refractivity contribution in [2.45, 2.75) is 31.7 Å². The Morgan fingerprint density at radius 2 is 1.95 bits per heavy atom. The van der Waals surface area contributed by atoms with Crippen LogP contribution in [0.25, 0.3) is 0 Å². The van der Waals surface area contributed by atoms with E-state index in [4.69, 9.17) is 9.15 Å². The molecule has 2 saturated heterocycles. The van der Waals surface area contributed by atoms with Crippen molar-refractivity contribution in [1.82, 2.24) is 10.2 Å². The number of carbonyl (C=O) groups excluding carboxylic acids is 1. The molecule has 0 spiro atoms. The van der Waals surface area contributed by atoms with Crippen LogP contribution in [-0.4, -0.2) is 49.7 Å². The first-order valence-electron chi connectivity index (χ1n) is 8.07. The first kappa shape index (κ1) is 16.0. The molecule has 0 aliphatic carbocycles. The first-order valence-corrected chi connectivity index (χ1v) is 8.87. The molecule has 1 aromatic rings. The highest BCUT2D eigenvalue weighted by atomic mass is 79.9. The van der Waals surface area contributed by atoms with Crippen LogP contribution in [-0.2, 0) is 4.74 Å². The van der Waals surface area contributed by atoms with Gasteiger partial charge in [0.05, 0.1) is 0 Å². The van der Waals surface area contributed by atoms with Crippen molar-refractivity contribution in [3.8, 4) is 0 Å². The average molecular weight is 371 g/mol. The van der Waals surface area contributed by atoms with Crippen molar-refractivity contribution in [3.05, 3.63) is 22.6 Å². The number of ether oxygens (including phenoxy) is 1. The molecule has 3 rings (SSSR count). The van der Waals surface area contributed by atoms with E-state index in [9.17, 15) is 4.79 Å². The number of hydrogen-bond acceptors (Lipinski definition) is 4. The molecule has 5 nitrogen and oxygen atoms in total. The summed E-state index contributed by atoms with van der Waals surface area (Å²) in [6, 6.07) is 4.12. The van der Waals surface area contributed by atoms with E-state index in [-0.39, 0.29) is 5.91 Å². The Labute approximate surface area is 139 Å². The quantitative estimate of drug-likeness (QED) is 0.884. The van der Waals surface area contributed by atoms with E-state index in [0.29, 0.717) is 22.4 Å². The third-order valence-electron chi connectivity index (χ3n) is 4.70. The highest BCUT2D eigenvalue weighted by Crippen LogP contribution is 2.23. The van der Waals surface area contributed by atoms with Gasteiger partial charge in [0.15, 0.2) is 10.4 Å². The van der Waals surface area contributed by atoms with Gasteiger partial charge in [-0.25, -0.2) is 0 Å². The van der Waals surface area contributed by atoms with Crippen LogP contribution in [0.4, 0.5) is 0 Å². The zero-order chi connectivity index (χ0) is 15.4. The van der Waals surface area contributed by atoms with Crippen LogP contribution in [0.5, 0.6) is 0 Å². The summed E-state index contributed by atoms with van der Waals surface area (Å²) in [6.45, 7) is 4.81. The summed E-state index contributed by atoms with van der Waals surface area (Å²) in [5.41, 5.74) is 0. The lowest BCUT2D eigenvalue weighted by atomic mass is 9.94. The number of nitrogens with zero attached hydrogens (tertiary/aromatic N) is 1. The highest BCUT2D eigenvalue weighted by molar-refractivity contribution is 9.10. The maximum Gasteiger partial charge on any atom is 0.287 e. The summed E-state index contributed by atoms with van der Waals surface area (Å²) in [5.74, 6) is 0.808. The molecule has 2 aliphatic rings. The summed E-state index contributed by atoms with van der Waals surface area (Å²) in [5, 5.41) is 2.98. The molecule has 1 amide bonds. The van der Waals surface area contributed by atoms with Crippen LogP contribution in [0.1, 0.15) is 36.2 Å². The Kier molecular flexibility index (Phi) is 5.55. The van der Waals surface area contributed by atoms with Crippen molar-refractivity contribution >= 4 is 21.8 Å². The normalized spacial score (nSPS) is 21.9. The number of nitrogens with one attached hydrogen (secondary N) is 1. The van der Waals surface area contributed by atoms with Crippen LogP contribution in [0.3, 0.4) is 0 Å². The first-order chi connectivity index (χ1) is 10.7. The standard InChI is InChI=1S/C16H23BrN2O3/c17-15-2-1-14(22-15)16(20)18-11-12-3-7-19(8-4-12)13-5-9-21-10-6-13/h1-2,12-13H,3-11H2,(H,18,20). The molecule has 122 valence electrons. The van der Waals surface area contributed by atoms with Crippen molar-refractivity contribution in [2.75, 3.05) is 32.8 Å². The number of rotatable bonds is 4. The number of carbonyl (C=O) groups is 1. The fraction of sp³-hybridized carbons (Fsp3) is 0.688. The summed E-state index contributed by atoms with van der Waals surface area (Å²) >= 11 is 3.21. The summed E-state index contributed by atoms with van der Waals surface area (Å²) in [4.78, 5) is 14.6. The van der Waals surface area contributed by atoms with E-state index in [1.807, 2.05) is 0 Å². The SMILES string of the molecule is O=C(NCC1CCN(C2CCOCC2)CC1)c1ccc(Br)o1. The Bertz CT molecular complexity index is 491. The molecule has 2 aliphatic heterocycles. The van der Waals surface area contributed by atoms with Crippen LogP contribution in [0.2, 0.25) is 0 Å². The van der Waals surface area contributed by atoms with E-state index in [1.54, 1.807) is 12.1 Å². The van der Waals surface area contributed by atoms with Gasteiger partial charge in [0.2, 0.25) is 0 Å². The van der Waals surface area contributed by atoms with Crippen molar-refractivity contribution in [3.63, 3.8) is 0 Å². The second-order valence-corrected chi connectivity index (χ2v) is 6.92. The summed E-state index contributed by atoms with van der Waals surface area (Å²) in [7, 11) is 0. The van der Waals surface area contributed by atoms with Gasteiger partial charge in [0.1, 0.15) is 0 Å². The lowest BCUT2D eigenvalue weighted by molar-refractivity contribution is 0.0211. The predicted octanol–water partition coefficient (Wildman–Crippen LogP) is 2.66. The minimum atomic E-state index is -0.127. The predicted molar refractivity (Wildman–Crippen MR) is 86.9 cm³/mol. The monoisotopic (exact) mass is 370 g/mol. The number of hydrogen-bond donors (Lipinski definition) is 1. The molecule has 1 aromatic heterocycles. The molecule has 6 heteroatoms. The van der Waals surface area contributed by atoms with Crippen LogP contribution in [0, 0.1) is 5.92 Å². The average Bonchev–Trinajstić information content (AvgIpc) is 3.00. The topological polar surface area (TPSA) is 54.7 Å². The molecule has 0 atom stereocenters. The zero-order valence-electron chi connectivity index (χ0n) is 12.7. The van der Waals surface area contributed by atoms with Crippen LogP contribution in [0.15, 0.2) is 21.2 Å². The second kappa shape index (κ2) is 7.62. The molecular weight excluding hydrogens is 348 g/mol. The van der Waals surface area contributed by atoms with Gasteiger partial charge in [-0.2, -0.15) is 0 Å². The molecule has 2 fully saturated rings. The zero-order valence-corrected chi connectivity index (χ0v) is 14.3. The third-order valence-corrected chi connectivity index (χ3v) is 5.13. The largest absolute Gasteiger partial charge is 0.444 e. The molecule has 3 heterocycles. The minimum Gasteiger partial charge on any atom is -0.444 e. The maximum atomic E-state index is 12.0. The Morgan fingerprint density at radius 1 is 1.23 bits per heavy atom. The lowest BCUT2D eigenvalue weighted by Crippen LogP contribution is -2.45. The molecule has 0 unspecified atom stereocenters. The van der Waals surface area contributed by atoms with Gasteiger partial charge in [-0.15, -0.1) is 0 Å². The van der Waals surface area contributed by atoms with Crippen molar-refractivity contribution < 1.29 is 13.9 Å². The fourth-order valence-corrected chi connectivity index (χ4v) is 3.64. The molecule has 0 bridgehead atoms. The Balaban J connectivity index is 1.39. The van der Waals surface area contributed by atoms with E-state index in [2.05, 4.69) is 26.1 Å². The van der Waals surface area contributed by atoms with Crippen LogP contribution >= 0.6 is 15.9 Å². The number of piperidine rings is 1. The number of halogens is 1. The van der Waals surface area contributed by atoms with E-state index in [0.717, 1.165) is 58.5 Å². The van der Waals surface area contributed by atoms with Gasteiger partial charge in [-0.1, -0.05) is 0 Å². The minimum absolute atomic E-state index is 0.127. The summed E-state index contributed by atoms with van der Waals surface area (Å²) in [6.07, 6.45) is 4.63. The number of amides is 1.